The van der Waals surface area contributed by atoms with Gasteiger partial charge in [-0.1, -0.05) is 37.3 Å². The summed E-state index contributed by atoms with van der Waals surface area (Å²) in [6, 6.07) is 10.7. The molecule has 0 aromatic heterocycles. The van der Waals surface area contributed by atoms with Gasteiger partial charge < -0.3 is 11.5 Å². The minimum absolute atomic E-state index is 0.154. The molecule has 0 spiro atoms. The predicted octanol–water partition coefficient (Wildman–Crippen LogP) is 2.59. The van der Waals surface area contributed by atoms with E-state index in [1.54, 1.807) is 0 Å². The van der Waals surface area contributed by atoms with Crippen LogP contribution in [-0.2, 0) is 0 Å². The van der Waals surface area contributed by atoms with Crippen molar-refractivity contribution in [2.24, 2.45) is 11.5 Å². The Labute approximate surface area is 92.7 Å². The Kier molecular flexibility index (Phi) is 5.37. The third-order valence-corrected chi connectivity index (χ3v) is 2.85. The summed E-state index contributed by atoms with van der Waals surface area (Å²) in [4.78, 5) is 0. The van der Waals surface area contributed by atoms with Crippen LogP contribution < -0.4 is 11.5 Å². The molecule has 0 radical (unpaired) electrons. The molecule has 84 valence electrons. The van der Waals surface area contributed by atoms with E-state index in [9.17, 15) is 0 Å². The zero-order valence-corrected chi connectivity index (χ0v) is 9.52. The highest BCUT2D eigenvalue weighted by molar-refractivity contribution is 5.19. The van der Waals surface area contributed by atoms with Gasteiger partial charge in [-0.05, 0) is 37.2 Å². The van der Waals surface area contributed by atoms with Gasteiger partial charge in [0.1, 0.15) is 0 Å². The molecule has 1 aromatic carbocycles. The lowest BCUT2D eigenvalue weighted by Gasteiger charge is -2.15. The van der Waals surface area contributed by atoms with E-state index < -0.39 is 0 Å². The molecule has 1 aromatic rings. The van der Waals surface area contributed by atoms with E-state index in [4.69, 9.17) is 11.5 Å². The predicted molar refractivity (Wildman–Crippen MR) is 65.5 cm³/mol. The Morgan fingerprint density at radius 1 is 1.07 bits per heavy atom. The number of hydrogen-bond acceptors (Lipinski definition) is 2. The first-order valence-electron chi connectivity index (χ1n) is 5.80. The van der Waals surface area contributed by atoms with Crippen LogP contribution in [0.25, 0.3) is 0 Å². The number of benzene rings is 1. The summed E-state index contributed by atoms with van der Waals surface area (Å²) in [6.07, 6.45) is 4.25. The minimum Gasteiger partial charge on any atom is -0.316 e. The van der Waals surface area contributed by atoms with Gasteiger partial charge in [0.15, 0.2) is 0 Å². The van der Waals surface area contributed by atoms with Gasteiger partial charge in [-0.15, -0.1) is 0 Å². The van der Waals surface area contributed by atoms with Crippen LogP contribution in [0.2, 0.25) is 0 Å². The largest absolute Gasteiger partial charge is 0.316 e. The van der Waals surface area contributed by atoms with Crippen LogP contribution in [0.4, 0.5) is 0 Å². The second-order valence-corrected chi connectivity index (χ2v) is 4.11. The minimum atomic E-state index is -0.154. The molecule has 0 heterocycles. The smallest absolute Gasteiger partial charge is 0.0520 e. The molecular weight excluding hydrogens is 184 g/mol. The van der Waals surface area contributed by atoms with Crippen LogP contribution >= 0.6 is 0 Å². The highest BCUT2D eigenvalue weighted by Gasteiger charge is 2.08. The topological polar surface area (TPSA) is 52.0 Å². The Balaban J connectivity index is 2.43. The summed E-state index contributed by atoms with van der Waals surface area (Å²) in [5.41, 5.74) is 12.5. The van der Waals surface area contributed by atoms with Crippen LogP contribution in [0.5, 0.6) is 0 Å². The Bertz CT molecular complexity index is 256. The zero-order chi connectivity index (χ0) is 11.1. The molecule has 1 atom stereocenters. The fourth-order valence-electron chi connectivity index (χ4n) is 1.93. The molecule has 0 aliphatic rings. The van der Waals surface area contributed by atoms with Crippen molar-refractivity contribution in [3.8, 4) is 0 Å². The maximum Gasteiger partial charge on any atom is 0.0520 e. The lowest BCUT2D eigenvalue weighted by Crippen LogP contribution is -2.30. The highest BCUT2D eigenvalue weighted by Crippen LogP contribution is 2.24. The molecule has 2 heteroatoms. The van der Waals surface area contributed by atoms with E-state index in [-0.39, 0.29) is 6.17 Å². The third kappa shape index (κ3) is 4.45. The SMILES string of the molecule is CCC(CCCC(N)N)c1ccccc1. The third-order valence-electron chi connectivity index (χ3n) is 2.85. The fourth-order valence-corrected chi connectivity index (χ4v) is 1.93. The van der Waals surface area contributed by atoms with Crippen molar-refractivity contribution >= 4 is 0 Å². The van der Waals surface area contributed by atoms with Crippen LogP contribution in [-0.4, -0.2) is 6.17 Å². The summed E-state index contributed by atoms with van der Waals surface area (Å²) in [6.45, 7) is 2.24. The van der Waals surface area contributed by atoms with Crippen LogP contribution in [0.3, 0.4) is 0 Å². The van der Waals surface area contributed by atoms with Crippen LogP contribution in [0.15, 0.2) is 30.3 Å². The molecule has 15 heavy (non-hydrogen) atoms. The number of nitrogens with two attached hydrogens (primary N) is 2. The first-order chi connectivity index (χ1) is 7.24. The van der Waals surface area contributed by atoms with Gasteiger partial charge in [0.2, 0.25) is 0 Å². The van der Waals surface area contributed by atoms with Gasteiger partial charge in [0, 0.05) is 0 Å². The molecule has 1 unspecified atom stereocenters. The fraction of sp³-hybridized carbons (Fsp3) is 0.538. The van der Waals surface area contributed by atoms with Gasteiger partial charge in [-0.2, -0.15) is 0 Å². The second kappa shape index (κ2) is 6.59. The summed E-state index contributed by atoms with van der Waals surface area (Å²) in [7, 11) is 0. The van der Waals surface area contributed by atoms with Crippen molar-refractivity contribution < 1.29 is 0 Å². The zero-order valence-electron chi connectivity index (χ0n) is 9.52. The summed E-state index contributed by atoms with van der Waals surface area (Å²) in [5.74, 6) is 0.657. The van der Waals surface area contributed by atoms with E-state index >= 15 is 0 Å². The maximum absolute atomic E-state index is 5.54. The standard InChI is InChI=1S/C13H22N2/c1-2-11(9-6-10-13(14)15)12-7-4-3-5-8-12/h3-5,7-8,11,13H,2,6,9-10,14-15H2,1H3. The number of rotatable bonds is 6. The average molecular weight is 206 g/mol. The number of hydrogen-bond donors (Lipinski definition) is 2. The lowest BCUT2D eigenvalue weighted by molar-refractivity contribution is 0.519. The van der Waals surface area contributed by atoms with Gasteiger partial charge in [0.25, 0.3) is 0 Å². The average Bonchev–Trinajstić information content (AvgIpc) is 2.25. The molecule has 4 N–H and O–H groups in total. The molecule has 0 aliphatic heterocycles. The molecule has 2 nitrogen and oxygen atoms in total. The Morgan fingerprint density at radius 3 is 2.27 bits per heavy atom. The Morgan fingerprint density at radius 2 is 1.73 bits per heavy atom. The van der Waals surface area contributed by atoms with E-state index in [0.717, 1.165) is 12.8 Å². The van der Waals surface area contributed by atoms with Crippen molar-refractivity contribution in [2.75, 3.05) is 0 Å². The van der Waals surface area contributed by atoms with Gasteiger partial charge in [-0.3, -0.25) is 0 Å². The van der Waals surface area contributed by atoms with E-state index in [1.165, 1.54) is 18.4 Å². The molecule has 0 bridgehead atoms. The van der Waals surface area contributed by atoms with Gasteiger partial charge in [0.05, 0.1) is 6.17 Å². The van der Waals surface area contributed by atoms with Crippen molar-refractivity contribution in [3.05, 3.63) is 35.9 Å². The highest BCUT2D eigenvalue weighted by atomic mass is 14.8. The van der Waals surface area contributed by atoms with E-state index in [0.29, 0.717) is 5.92 Å². The first kappa shape index (κ1) is 12.2. The summed E-state index contributed by atoms with van der Waals surface area (Å²) < 4.78 is 0. The van der Waals surface area contributed by atoms with E-state index in [2.05, 4.69) is 37.3 Å². The summed E-state index contributed by atoms with van der Waals surface area (Å²) >= 11 is 0. The van der Waals surface area contributed by atoms with Crippen molar-refractivity contribution in [1.29, 1.82) is 0 Å². The molecular formula is C13H22N2. The molecule has 0 amide bonds. The summed E-state index contributed by atoms with van der Waals surface area (Å²) in [5, 5.41) is 0. The molecule has 0 saturated carbocycles. The maximum atomic E-state index is 5.54. The second-order valence-electron chi connectivity index (χ2n) is 4.11. The van der Waals surface area contributed by atoms with Crippen molar-refractivity contribution in [1.82, 2.24) is 0 Å². The normalized spacial score (nSPS) is 13.1. The first-order valence-corrected chi connectivity index (χ1v) is 5.80. The van der Waals surface area contributed by atoms with Crippen molar-refractivity contribution in [2.45, 2.75) is 44.7 Å². The molecule has 0 aliphatic carbocycles. The van der Waals surface area contributed by atoms with Crippen LogP contribution in [0.1, 0.15) is 44.1 Å². The molecule has 1 rings (SSSR count). The monoisotopic (exact) mass is 206 g/mol. The van der Waals surface area contributed by atoms with Gasteiger partial charge >= 0.3 is 0 Å². The quantitative estimate of drug-likeness (QED) is 0.703. The molecule has 0 fully saturated rings. The lowest BCUT2D eigenvalue weighted by atomic mass is 9.91. The van der Waals surface area contributed by atoms with E-state index in [1.807, 2.05) is 0 Å². The van der Waals surface area contributed by atoms with Crippen molar-refractivity contribution in [3.63, 3.8) is 0 Å². The molecule has 0 saturated heterocycles. The van der Waals surface area contributed by atoms with Gasteiger partial charge in [-0.25, -0.2) is 0 Å². The Hall–Kier alpha value is -0.860. The van der Waals surface area contributed by atoms with Crippen LogP contribution in [0, 0.1) is 0 Å².